The number of carboxylic acids is 1. The van der Waals surface area contributed by atoms with E-state index in [9.17, 15) is 4.79 Å². The Hall–Kier alpha value is -1.36. The van der Waals surface area contributed by atoms with E-state index < -0.39 is 5.97 Å². The molecule has 13 heavy (non-hydrogen) atoms. The van der Waals surface area contributed by atoms with Crippen molar-refractivity contribution in [1.82, 2.24) is 4.37 Å². The lowest BCUT2D eigenvalue weighted by molar-refractivity contribution is 0.0691. The molecule has 0 aromatic carbocycles. The molecule has 5 heteroatoms. The third kappa shape index (κ3) is 2.06. The summed E-state index contributed by atoms with van der Waals surface area (Å²) in [5.74, 6) is -0.703. The van der Waals surface area contributed by atoms with E-state index in [0.717, 1.165) is 11.5 Å². The van der Waals surface area contributed by atoms with Crippen LogP contribution in [0.4, 0.5) is 0 Å². The van der Waals surface area contributed by atoms with E-state index in [4.69, 9.17) is 9.84 Å². The third-order valence-electron chi connectivity index (χ3n) is 1.39. The maximum Gasteiger partial charge on any atom is 0.356 e. The summed E-state index contributed by atoms with van der Waals surface area (Å²) in [7, 11) is 0. The van der Waals surface area contributed by atoms with Crippen LogP contribution in [0, 0.1) is 0 Å². The standard InChI is InChI=1S/C8H9NO3S/c1-3-12-5(2)6-4-13-9-7(6)8(10)11/h4H,2-3H2,1H3,(H,10,11). The number of carbonyl (C=O) groups is 1. The molecule has 0 bridgehead atoms. The van der Waals surface area contributed by atoms with E-state index in [0.29, 0.717) is 17.9 Å². The highest BCUT2D eigenvalue weighted by Crippen LogP contribution is 2.19. The average molecular weight is 199 g/mol. The van der Waals surface area contributed by atoms with Crippen molar-refractivity contribution in [3.8, 4) is 0 Å². The highest BCUT2D eigenvalue weighted by Gasteiger charge is 2.15. The summed E-state index contributed by atoms with van der Waals surface area (Å²) in [5.41, 5.74) is 0.461. The summed E-state index contributed by atoms with van der Waals surface area (Å²) >= 11 is 1.08. The van der Waals surface area contributed by atoms with Crippen LogP contribution in [-0.4, -0.2) is 22.1 Å². The van der Waals surface area contributed by atoms with Crippen molar-refractivity contribution in [2.24, 2.45) is 0 Å². The van der Waals surface area contributed by atoms with Crippen molar-refractivity contribution in [3.05, 3.63) is 23.2 Å². The van der Waals surface area contributed by atoms with Gasteiger partial charge in [-0.1, -0.05) is 6.58 Å². The average Bonchev–Trinajstić information content (AvgIpc) is 2.52. The third-order valence-corrected chi connectivity index (χ3v) is 2.02. The number of aromatic carboxylic acids is 1. The molecule has 0 saturated carbocycles. The van der Waals surface area contributed by atoms with Crippen LogP contribution in [-0.2, 0) is 4.74 Å². The van der Waals surface area contributed by atoms with Gasteiger partial charge < -0.3 is 9.84 Å². The first kappa shape index (κ1) is 9.73. The number of aromatic nitrogens is 1. The molecule has 1 aromatic rings. The van der Waals surface area contributed by atoms with Crippen LogP contribution in [0.15, 0.2) is 12.0 Å². The maximum atomic E-state index is 10.6. The number of nitrogens with zero attached hydrogens (tertiary/aromatic N) is 1. The van der Waals surface area contributed by atoms with E-state index in [1.807, 2.05) is 6.92 Å². The molecule has 0 spiro atoms. The van der Waals surface area contributed by atoms with E-state index in [2.05, 4.69) is 11.0 Å². The molecule has 70 valence electrons. The second-order valence-corrected chi connectivity index (χ2v) is 2.87. The second-order valence-electron chi connectivity index (χ2n) is 2.24. The lowest BCUT2D eigenvalue weighted by Gasteiger charge is -2.04. The van der Waals surface area contributed by atoms with Crippen LogP contribution in [0.2, 0.25) is 0 Å². The molecule has 0 saturated heterocycles. The predicted molar refractivity (Wildman–Crippen MR) is 49.7 cm³/mol. The molecular weight excluding hydrogens is 190 g/mol. The zero-order chi connectivity index (χ0) is 9.84. The van der Waals surface area contributed by atoms with Gasteiger partial charge in [0.15, 0.2) is 5.69 Å². The van der Waals surface area contributed by atoms with Gasteiger partial charge in [0, 0.05) is 5.38 Å². The minimum absolute atomic E-state index is 0.00319. The first-order valence-corrected chi connectivity index (χ1v) is 4.50. The number of rotatable bonds is 4. The molecule has 1 heterocycles. The van der Waals surface area contributed by atoms with Gasteiger partial charge >= 0.3 is 5.97 Å². The largest absolute Gasteiger partial charge is 0.494 e. The Bertz CT molecular complexity index is 332. The fourth-order valence-corrected chi connectivity index (χ4v) is 1.52. The van der Waals surface area contributed by atoms with Gasteiger partial charge in [-0.15, -0.1) is 0 Å². The number of ether oxygens (including phenoxy) is 1. The Labute approximate surface area is 79.6 Å². The van der Waals surface area contributed by atoms with Gasteiger partial charge in [0.1, 0.15) is 5.76 Å². The molecular formula is C8H9NO3S. The summed E-state index contributed by atoms with van der Waals surface area (Å²) in [5, 5.41) is 10.3. The van der Waals surface area contributed by atoms with Gasteiger partial charge in [-0.05, 0) is 18.5 Å². The molecule has 0 unspecified atom stereocenters. The quantitative estimate of drug-likeness (QED) is 0.752. The topological polar surface area (TPSA) is 59.4 Å². The number of hydrogen-bond donors (Lipinski definition) is 1. The van der Waals surface area contributed by atoms with Gasteiger partial charge in [0.2, 0.25) is 0 Å². The van der Waals surface area contributed by atoms with Gasteiger partial charge in [-0.2, -0.15) is 4.37 Å². The second kappa shape index (κ2) is 4.04. The summed E-state index contributed by atoms with van der Waals surface area (Å²) < 4.78 is 8.81. The lowest BCUT2D eigenvalue weighted by Crippen LogP contribution is -2.01. The SMILES string of the molecule is C=C(OCC)c1csnc1C(=O)O. The van der Waals surface area contributed by atoms with Crippen LogP contribution < -0.4 is 0 Å². The Morgan fingerprint density at radius 3 is 3.08 bits per heavy atom. The first-order chi connectivity index (χ1) is 6.16. The molecule has 1 aromatic heterocycles. The summed E-state index contributed by atoms with van der Waals surface area (Å²) in [4.78, 5) is 10.6. The molecule has 0 fully saturated rings. The van der Waals surface area contributed by atoms with E-state index in [1.54, 1.807) is 5.38 Å². The number of hydrogen-bond acceptors (Lipinski definition) is 4. The highest BCUT2D eigenvalue weighted by atomic mass is 32.1. The van der Waals surface area contributed by atoms with Gasteiger partial charge in [-0.3, -0.25) is 0 Å². The summed E-state index contributed by atoms with van der Waals surface area (Å²) in [6.07, 6.45) is 0. The van der Waals surface area contributed by atoms with Crippen molar-refractivity contribution in [2.45, 2.75) is 6.92 Å². The van der Waals surface area contributed by atoms with Gasteiger partial charge in [-0.25, -0.2) is 4.79 Å². The normalized spacial score (nSPS) is 9.62. The minimum atomic E-state index is -1.06. The molecule has 0 atom stereocenters. The molecule has 0 amide bonds. The predicted octanol–water partition coefficient (Wildman–Crippen LogP) is 1.85. The number of carboxylic acid groups (broad SMARTS) is 1. The Morgan fingerprint density at radius 1 is 1.85 bits per heavy atom. The van der Waals surface area contributed by atoms with Crippen molar-refractivity contribution in [3.63, 3.8) is 0 Å². The summed E-state index contributed by atoms with van der Waals surface area (Å²) in [6, 6.07) is 0. The first-order valence-electron chi connectivity index (χ1n) is 3.66. The van der Waals surface area contributed by atoms with Crippen LogP contribution in [0.3, 0.4) is 0 Å². The molecule has 0 aliphatic rings. The Balaban J connectivity index is 2.93. The maximum absolute atomic E-state index is 10.6. The molecule has 0 aliphatic heterocycles. The minimum Gasteiger partial charge on any atom is -0.494 e. The molecule has 1 rings (SSSR count). The molecule has 0 aliphatic carbocycles. The van der Waals surface area contributed by atoms with Crippen LogP contribution in [0.25, 0.3) is 5.76 Å². The van der Waals surface area contributed by atoms with E-state index in [-0.39, 0.29) is 5.69 Å². The van der Waals surface area contributed by atoms with Crippen molar-refractivity contribution < 1.29 is 14.6 Å². The highest BCUT2D eigenvalue weighted by molar-refractivity contribution is 7.04. The fourth-order valence-electron chi connectivity index (χ4n) is 0.841. The van der Waals surface area contributed by atoms with E-state index in [1.165, 1.54) is 0 Å². The monoisotopic (exact) mass is 199 g/mol. The van der Waals surface area contributed by atoms with Crippen LogP contribution in [0.1, 0.15) is 23.0 Å². The van der Waals surface area contributed by atoms with Gasteiger partial charge in [0.05, 0.1) is 12.2 Å². The van der Waals surface area contributed by atoms with Gasteiger partial charge in [0.25, 0.3) is 0 Å². The van der Waals surface area contributed by atoms with Crippen LogP contribution in [0.5, 0.6) is 0 Å². The Morgan fingerprint density at radius 2 is 2.54 bits per heavy atom. The Kier molecular flexibility index (Phi) is 3.02. The van der Waals surface area contributed by atoms with E-state index >= 15 is 0 Å². The molecule has 1 N–H and O–H groups in total. The zero-order valence-electron chi connectivity index (χ0n) is 7.11. The molecule has 4 nitrogen and oxygen atoms in total. The van der Waals surface area contributed by atoms with Crippen molar-refractivity contribution in [1.29, 1.82) is 0 Å². The zero-order valence-corrected chi connectivity index (χ0v) is 7.93. The van der Waals surface area contributed by atoms with Crippen molar-refractivity contribution in [2.75, 3.05) is 6.61 Å². The lowest BCUT2D eigenvalue weighted by atomic mass is 10.2. The summed E-state index contributed by atoms with van der Waals surface area (Å²) in [6.45, 7) is 5.89. The van der Waals surface area contributed by atoms with Crippen molar-refractivity contribution >= 4 is 23.3 Å². The molecule has 0 radical (unpaired) electrons. The smallest absolute Gasteiger partial charge is 0.356 e. The van der Waals surface area contributed by atoms with Crippen LogP contribution >= 0.6 is 11.5 Å². The fraction of sp³-hybridized carbons (Fsp3) is 0.250.